The molecule has 4 rings (SSSR count). The third-order valence-electron chi connectivity index (χ3n) is 4.28. The number of benzene rings is 2. The molecule has 1 amide bonds. The molecule has 2 N–H and O–H groups in total. The number of carbonyl (C=O) groups excluding carboxylic acids is 1. The molecule has 0 radical (unpaired) electrons. The summed E-state index contributed by atoms with van der Waals surface area (Å²) in [6, 6.07) is 17.4. The Morgan fingerprint density at radius 1 is 1.18 bits per heavy atom. The topological polar surface area (TPSA) is 123 Å². The van der Waals surface area contributed by atoms with Crippen LogP contribution >= 0.6 is 39.0 Å². The monoisotopic (exact) mass is 557 g/mol. The third kappa shape index (κ3) is 6.53. The highest BCUT2D eigenvalue weighted by Gasteiger charge is 2.11. The first kappa shape index (κ1) is 23.7. The molecule has 0 atom stereocenters. The van der Waals surface area contributed by atoms with E-state index in [1.807, 2.05) is 36.4 Å². The number of nitro groups is 1. The summed E-state index contributed by atoms with van der Waals surface area (Å²) in [6.07, 6.45) is 3.48. The standard InChI is InChI=1S/C22H16BrN5O4S2/c23-15-6-4-14(5-7-15)19-9-8-18(32-19)10-11-24-21-26-27-22(34-21)33-13-20(29)25-16-2-1-3-17(12-16)28(30)31/h1-12H,13H2,(H,24,26)(H,25,29)/b11-10+. The number of thioether (sulfide) groups is 1. The quantitative estimate of drug-likeness (QED) is 0.140. The minimum Gasteiger partial charge on any atom is -0.457 e. The highest BCUT2D eigenvalue weighted by Crippen LogP contribution is 2.27. The number of hydrogen-bond donors (Lipinski definition) is 2. The van der Waals surface area contributed by atoms with E-state index in [0.29, 0.717) is 20.9 Å². The normalized spacial score (nSPS) is 11.0. The van der Waals surface area contributed by atoms with Crippen molar-refractivity contribution < 1.29 is 14.1 Å². The number of carbonyl (C=O) groups is 1. The molecule has 2 aromatic heterocycles. The van der Waals surface area contributed by atoms with Crippen molar-refractivity contribution in [3.05, 3.63) is 87.2 Å². The molecule has 0 saturated carbocycles. The summed E-state index contributed by atoms with van der Waals surface area (Å²) < 4.78 is 7.44. The largest absolute Gasteiger partial charge is 0.457 e. The Balaban J connectivity index is 1.25. The van der Waals surface area contributed by atoms with Gasteiger partial charge in [-0.15, -0.1) is 10.2 Å². The SMILES string of the molecule is O=C(CSc1nnc(N/C=C/c2ccc(-c3ccc(Br)cc3)o2)s1)Nc1cccc([N+](=O)[O-])c1. The first-order valence-electron chi connectivity index (χ1n) is 9.76. The van der Waals surface area contributed by atoms with Gasteiger partial charge in [-0.25, -0.2) is 0 Å². The Kier molecular flexibility index (Phi) is 7.72. The molecule has 34 heavy (non-hydrogen) atoms. The van der Waals surface area contributed by atoms with Crippen LogP contribution in [0.15, 0.2) is 80.1 Å². The molecule has 12 heteroatoms. The van der Waals surface area contributed by atoms with Crippen molar-refractivity contribution in [2.45, 2.75) is 4.34 Å². The molecule has 0 spiro atoms. The number of anilines is 2. The number of nitro benzene ring substituents is 1. The number of aromatic nitrogens is 2. The number of furan rings is 1. The maximum absolute atomic E-state index is 12.1. The molecule has 9 nitrogen and oxygen atoms in total. The van der Waals surface area contributed by atoms with Gasteiger partial charge in [-0.3, -0.25) is 14.9 Å². The van der Waals surface area contributed by atoms with Gasteiger partial charge < -0.3 is 15.1 Å². The van der Waals surface area contributed by atoms with Crippen molar-refractivity contribution in [2.75, 3.05) is 16.4 Å². The second-order valence-electron chi connectivity index (χ2n) is 6.70. The van der Waals surface area contributed by atoms with Crippen molar-refractivity contribution >= 4 is 67.5 Å². The molecule has 0 fully saturated rings. The van der Waals surface area contributed by atoms with Crippen molar-refractivity contribution in [3.63, 3.8) is 0 Å². The zero-order chi connectivity index (χ0) is 23.9. The smallest absolute Gasteiger partial charge is 0.271 e. The summed E-state index contributed by atoms with van der Waals surface area (Å²) >= 11 is 5.94. The molecule has 0 aliphatic rings. The van der Waals surface area contributed by atoms with Crippen molar-refractivity contribution in [1.29, 1.82) is 0 Å². The first-order chi connectivity index (χ1) is 16.5. The number of amides is 1. The van der Waals surface area contributed by atoms with Crippen molar-refractivity contribution in [2.24, 2.45) is 0 Å². The summed E-state index contributed by atoms with van der Waals surface area (Å²) in [5.41, 5.74) is 1.26. The van der Waals surface area contributed by atoms with Crippen LogP contribution in [0, 0.1) is 10.1 Å². The average Bonchev–Trinajstić information content (AvgIpc) is 3.48. The molecule has 0 aliphatic heterocycles. The summed E-state index contributed by atoms with van der Waals surface area (Å²) in [5, 5.41) is 25.2. The minimum atomic E-state index is -0.512. The van der Waals surface area contributed by atoms with Crippen molar-refractivity contribution in [1.82, 2.24) is 10.2 Å². The Morgan fingerprint density at radius 3 is 2.79 bits per heavy atom. The van der Waals surface area contributed by atoms with E-state index in [0.717, 1.165) is 15.8 Å². The Morgan fingerprint density at radius 2 is 2.00 bits per heavy atom. The van der Waals surface area contributed by atoms with Crippen LogP contribution in [0.1, 0.15) is 5.76 Å². The van der Waals surface area contributed by atoms with Crippen LogP contribution in [0.4, 0.5) is 16.5 Å². The maximum atomic E-state index is 12.1. The molecule has 4 aromatic rings. The molecular weight excluding hydrogens is 542 g/mol. The number of nitrogens with zero attached hydrogens (tertiary/aromatic N) is 3. The number of rotatable bonds is 9. The lowest BCUT2D eigenvalue weighted by Crippen LogP contribution is -2.14. The Hall–Kier alpha value is -3.48. The Labute approximate surface area is 210 Å². The summed E-state index contributed by atoms with van der Waals surface area (Å²) in [4.78, 5) is 22.5. The lowest BCUT2D eigenvalue weighted by Gasteiger charge is -2.03. The molecule has 0 saturated heterocycles. The van der Waals surface area contributed by atoms with Gasteiger partial charge in [-0.2, -0.15) is 0 Å². The van der Waals surface area contributed by atoms with Gasteiger partial charge in [0.1, 0.15) is 11.5 Å². The van der Waals surface area contributed by atoms with E-state index >= 15 is 0 Å². The van der Waals surface area contributed by atoms with E-state index in [9.17, 15) is 14.9 Å². The average molecular weight is 558 g/mol. The number of halogens is 1. The van der Waals surface area contributed by atoms with Gasteiger partial charge in [0, 0.05) is 34.1 Å². The van der Waals surface area contributed by atoms with E-state index in [2.05, 4.69) is 36.8 Å². The fourth-order valence-corrected chi connectivity index (χ4v) is 4.55. The van der Waals surface area contributed by atoms with E-state index < -0.39 is 4.92 Å². The van der Waals surface area contributed by atoms with Gasteiger partial charge >= 0.3 is 0 Å². The lowest BCUT2D eigenvalue weighted by molar-refractivity contribution is -0.384. The maximum Gasteiger partial charge on any atom is 0.271 e. The van der Waals surface area contributed by atoms with Gasteiger partial charge in [0.15, 0.2) is 4.34 Å². The molecule has 0 bridgehead atoms. The van der Waals surface area contributed by atoms with E-state index in [1.165, 1.54) is 41.3 Å². The number of hydrogen-bond acceptors (Lipinski definition) is 9. The molecule has 2 heterocycles. The van der Waals surface area contributed by atoms with E-state index in [1.54, 1.807) is 18.3 Å². The molecule has 0 aliphatic carbocycles. The van der Waals surface area contributed by atoms with Gasteiger partial charge in [0.2, 0.25) is 11.0 Å². The van der Waals surface area contributed by atoms with Crippen LogP contribution in [0.25, 0.3) is 17.4 Å². The number of non-ortho nitro benzene ring substituents is 1. The fourth-order valence-electron chi connectivity index (χ4n) is 2.75. The second-order valence-corrected chi connectivity index (χ2v) is 9.82. The van der Waals surface area contributed by atoms with Crippen molar-refractivity contribution in [3.8, 4) is 11.3 Å². The highest BCUT2D eigenvalue weighted by atomic mass is 79.9. The first-order valence-corrected chi connectivity index (χ1v) is 12.4. The minimum absolute atomic E-state index is 0.0857. The summed E-state index contributed by atoms with van der Waals surface area (Å²) in [7, 11) is 0. The van der Waals surface area contributed by atoms with Crippen LogP contribution < -0.4 is 10.6 Å². The van der Waals surface area contributed by atoms with E-state index in [-0.39, 0.29) is 17.3 Å². The van der Waals surface area contributed by atoms with Crippen LogP contribution in [0.2, 0.25) is 0 Å². The number of nitrogens with one attached hydrogen (secondary N) is 2. The summed E-state index contributed by atoms with van der Waals surface area (Å²) in [6.45, 7) is 0. The van der Waals surface area contributed by atoms with Crippen LogP contribution in [-0.2, 0) is 4.79 Å². The lowest BCUT2D eigenvalue weighted by atomic mass is 10.2. The fraction of sp³-hybridized carbons (Fsp3) is 0.0455. The van der Waals surface area contributed by atoms with Crippen LogP contribution in [0.5, 0.6) is 0 Å². The van der Waals surface area contributed by atoms with Gasteiger partial charge in [-0.05, 0) is 36.4 Å². The van der Waals surface area contributed by atoms with Crippen LogP contribution in [0.3, 0.4) is 0 Å². The predicted octanol–water partition coefficient (Wildman–Crippen LogP) is 6.28. The molecule has 2 aromatic carbocycles. The van der Waals surface area contributed by atoms with Gasteiger partial charge in [0.05, 0.1) is 10.7 Å². The zero-order valence-electron chi connectivity index (χ0n) is 17.3. The third-order valence-corrected chi connectivity index (χ3v) is 6.80. The van der Waals surface area contributed by atoms with Gasteiger partial charge in [0.25, 0.3) is 5.69 Å². The predicted molar refractivity (Wildman–Crippen MR) is 137 cm³/mol. The molecule has 172 valence electrons. The van der Waals surface area contributed by atoms with Gasteiger partial charge in [-0.1, -0.05) is 57.2 Å². The summed E-state index contributed by atoms with van der Waals surface area (Å²) in [5.74, 6) is 1.25. The molecular formula is C22H16BrN5O4S2. The van der Waals surface area contributed by atoms with Crippen LogP contribution in [-0.4, -0.2) is 26.8 Å². The molecule has 0 unspecified atom stereocenters. The Bertz CT molecular complexity index is 1340. The zero-order valence-corrected chi connectivity index (χ0v) is 20.5. The van der Waals surface area contributed by atoms with E-state index in [4.69, 9.17) is 4.42 Å². The second kappa shape index (κ2) is 11.1. The highest BCUT2D eigenvalue weighted by molar-refractivity contribution is 9.10.